The third-order valence-corrected chi connectivity index (χ3v) is 6.27. The van der Waals surface area contributed by atoms with Crippen molar-refractivity contribution >= 4 is 44.8 Å². The van der Waals surface area contributed by atoms with Crippen LogP contribution in [-0.2, 0) is 15.9 Å². The van der Waals surface area contributed by atoms with Gasteiger partial charge < -0.3 is 0 Å². The number of sulfonamides is 1. The van der Waals surface area contributed by atoms with Gasteiger partial charge in [0.2, 0.25) is 10.0 Å². The van der Waals surface area contributed by atoms with Gasteiger partial charge in [0.15, 0.2) is 0 Å². The molecular weight excluding hydrogens is 341 g/mol. The number of alkyl halides is 1. The van der Waals surface area contributed by atoms with Crippen LogP contribution in [0.5, 0.6) is 0 Å². The summed E-state index contributed by atoms with van der Waals surface area (Å²) in [6, 6.07) is 2.93. The van der Waals surface area contributed by atoms with E-state index in [1.807, 2.05) is 13.8 Å². The molecule has 1 aromatic rings. The molecule has 0 aliphatic rings. The molecule has 1 rings (SSSR count). The Kier molecular flexibility index (Phi) is 6.61. The lowest BCUT2D eigenvalue weighted by Crippen LogP contribution is -2.31. The van der Waals surface area contributed by atoms with Gasteiger partial charge in [-0.05, 0) is 18.1 Å². The van der Waals surface area contributed by atoms with Gasteiger partial charge in [-0.3, -0.25) is 0 Å². The van der Waals surface area contributed by atoms with Crippen LogP contribution in [0.2, 0.25) is 10.0 Å². The van der Waals surface area contributed by atoms with E-state index in [2.05, 4.69) is 0 Å². The summed E-state index contributed by atoms with van der Waals surface area (Å²) >= 11 is 17.9. The van der Waals surface area contributed by atoms with E-state index in [9.17, 15) is 8.42 Å². The molecule has 3 nitrogen and oxygen atoms in total. The van der Waals surface area contributed by atoms with Crippen LogP contribution in [0.3, 0.4) is 0 Å². The molecule has 7 heteroatoms. The minimum Gasteiger partial charge on any atom is -0.207 e. The summed E-state index contributed by atoms with van der Waals surface area (Å²) in [4.78, 5) is 0.0463. The molecule has 0 fully saturated rings. The van der Waals surface area contributed by atoms with Gasteiger partial charge in [0, 0.05) is 24.2 Å². The first kappa shape index (κ1) is 18.1. The molecule has 0 radical (unpaired) electrons. The molecule has 20 heavy (non-hydrogen) atoms. The molecule has 0 bridgehead atoms. The van der Waals surface area contributed by atoms with Crippen molar-refractivity contribution in [1.82, 2.24) is 4.31 Å². The molecule has 1 atom stereocenters. The molecule has 1 unspecified atom stereocenters. The maximum Gasteiger partial charge on any atom is 0.244 e. The van der Waals surface area contributed by atoms with Crippen LogP contribution in [0.1, 0.15) is 25.8 Å². The van der Waals surface area contributed by atoms with Crippen molar-refractivity contribution in [3.05, 3.63) is 27.7 Å². The molecule has 0 aliphatic carbocycles. The third kappa shape index (κ3) is 3.80. The number of nitrogens with zero attached hydrogens (tertiary/aromatic N) is 1. The van der Waals surface area contributed by atoms with E-state index in [1.165, 1.54) is 16.4 Å². The fraction of sp³-hybridized carbons (Fsp3) is 0.538. The van der Waals surface area contributed by atoms with E-state index in [4.69, 9.17) is 34.8 Å². The topological polar surface area (TPSA) is 37.4 Å². The summed E-state index contributed by atoms with van der Waals surface area (Å²) < 4.78 is 26.4. The Bertz CT molecular complexity index is 575. The van der Waals surface area contributed by atoms with E-state index < -0.39 is 10.0 Å². The second-order valence-corrected chi connectivity index (χ2v) is 7.84. The van der Waals surface area contributed by atoms with Crippen LogP contribution in [0.25, 0.3) is 0 Å². The molecule has 0 saturated carbocycles. The molecule has 0 spiro atoms. The van der Waals surface area contributed by atoms with Crippen LogP contribution >= 0.6 is 34.8 Å². The van der Waals surface area contributed by atoms with E-state index in [-0.39, 0.29) is 21.7 Å². The van der Waals surface area contributed by atoms with E-state index in [1.54, 1.807) is 7.05 Å². The monoisotopic (exact) mass is 357 g/mol. The zero-order chi connectivity index (χ0) is 15.5. The van der Waals surface area contributed by atoms with Crippen LogP contribution < -0.4 is 0 Å². The number of benzene rings is 1. The highest BCUT2D eigenvalue weighted by Crippen LogP contribution is 2.33. The smallest absolute Gasteiger partial charge is 0.207 e. The summed E-state index contributed by atoms with van der Waals surface area (Å²) in [5.41, 5.74) is 0.438. The minimum atomic E-state index is -3.64. The lowest BCUT2D eigenvalue weighted by molar-refractivity contribution is 0.393. The molecule has 0 amide bonds. The highest BCUT2D eigenvalue weighted by molar-refractivity contribution is 7.89. The van der Waals surface area contributed by atoms with Gasteiger partial charge in [0.1, 0.15) is 4.90 Å². The largest absolute Gasteiger partial charge is 0.244 e. The van der Waals surface area contributed by atoms with Crippen molar-refractivity contribution < 1.29 is 8.42 Å². The first-order chi connectivity index (χ1) is 9.25. The third-order valence-electron chi connectivity index (χ3n) is 3.24. The molecule has 0 aromatic heterocycles. The zero-order valence-corrected chi connectivity index (χ0v) is 14.7. The average Bonchev–Trinajstić information content (AvgIpc) is 2.38. The fourth-order valence-electron chi connectivity index (χ4n) is 1.73. The van der Waals surface area contributed by atoms with E-state index in [0.29, 0.717) is 17.1 Å². The Morgan fingerprint density at radius 3 is 2.40 bits per heavy atom. The van der Waals surface area contributed by atoms with Gasteiger partial charge in [0.25, 0.3) is 0 Å². The molecule has 0 N–H and O–H groups in total. The van der Waals surface area contributed by atoms with Crippen molar-refractivity contribution in [3.63, 3.8) is 0 Å². The molecule has 0 saturated heterocycles. The Balaban J connectivity index is 3.23. The first-order valence-electron chi connectivity index (χ1n) is 6.24. The van der Waals surface area contributed by atoms with E-state index >= 15 is 0 Å². The SMILES string of the molecule is CCC(C)CN(C)S(=O)(=O)c1ccc(Cl)c(CCl)c1Cl. The van der Waals surface area contributed by atoms with Crippen molar-refractivity contribution in [2.24, 2.45) is 5.92 Å². The lowest BCUT2D eigenvalue weighted by atomic mass is 10.1. The Hall–Kier alpha value is -0.000000000000000167. The summed E-state index contributed by atoms with van der Waals surface area (Å²) in [6.07, 6.45) is 0.904. The van der Waals surface area contributed by atoms with Crippen molar-refractivity contribution in [2.75, 3.05) is 13.6 Å². The summed E-state index contributed by atoms with van der Waals surface area (Å²) in [5.74, 6) is 0.337. The first-order valence-corrected chi connectivity index (χ1v) is 8.97. The number of hydrogen-bond acceptors (Lipinski definition) is 2. The maximum absolute atomic E-state index is 12.5. The van der Waals surface area contributed by atoms with Crippen LogP contribution in [-0.4, -0.2) is 26.3 Å². The normalized spacial score (nSPS) is 13.8. The number of halogens is 3. The molecule has 114 valence electrons. The standard InChI is InChI=1S/C13H18Cl3NO2S/c1-4-9(2)8-17(3)20(18,19)12-6-5-11(15)10(7-14)13(12)16/h5-6,9H,4,7-8H2,1-3H3. The van der Waals surface area contributed by atoms with Gasteiger partial charge in [-0.2, -0.15) is 0 Å². The summed E-state index contributed by atoms with van der Waals surface area (Å²) in [7, 11) is -2.09. The molecular formula is C13H18Cl3NO2S. The quantitative estimate of drug-likeness (QED) is 0.707. The minimum absolute atomic E-state index is 0.0463. The number of hydrogen-bond donors (Lipinski definition) is 0. The highest BCUT2D eigenvalue weighted by Gasteiger charge is 2.26. The van der Waals surface area contributed by atoms with Crippen molar-refractivity contribution in [1.29, 1.82) is 0 Å². The lowest BCUT2D eigenvalue weighted by Gasteiger charge is -2.21. The highest BCUT2D eigenvalue weighted by atomic mass is 35.5. The van der Waals surface area contributed by atoms with Crippen molar-refractivity contribution in [3.8, 4) is 0 Å². The fourth-order valence-corrected chi connectivity index (χ4v) is 4.32. The second kappa shape index (κ2) is 7.32. The molecule has 0 heterocycles. The predicted molar refractivity (Wildman–Crippen MR) is 85.3 cm³/mol. The Morgan fingerprint density at radius 1 is 1.30 bits per heavy atom. The Labute approximate surface area is 135 Å². The summed E-state index contributed by atoms with van der Waals surface area (Å²) in [5, 5.41) is 0.469. The summed E-state index contributed by atoms with van der Waals surface area (Å²) in [6.45, 7) is 4.46. The van der Waals surface area contributed by atoms with E-state index in [0.717, 1.165) is 6.42 Å². The van der Waals surface area contributed by atoms with Crippen LogP contribution in [0.15, 0.2) is 17.0 Å². The van der Waals surface area contributed by atoms with Gasteiger partial charge in [-0.15, -0.1) is 11.6 Å². The van der Waals surface area contributed by atoms with Crippen LogP contribution in [0, 0.1) is 5.92 Å². The predicted octanol–water partition coefficient (Wildman–Crippen LogP) is 4.40. The number of rotatable bonds is 6. The maximum atomic E-state index is 12.5. The van der Waals surface area contributed by atoms with Gasteiger partial charge >= 0.3 is 0 Å². The van der Waals surface area contributed by atoms with Gasteiger partial charge in [-0.1, -0.05) is 43.5 Å². The van der Waals surface area contributed by atoms with Crippen LogP contribution in [0.4, 0.5) is 0 Å². The van der Waals surface area contributed by atoms with Gasteiger partial charge in [-0.25, -0.2) is 12.7 Å². The van der Waals surface area contributed by atoms with Crippen molar-refractivity contribution in [2.45, 2.75) is 31.0 Å². The molecule has 0 aliphatic heterocycles. The van der Waals surface area contributed by atoms with Gasteiger partial charge in [0.05, 0.1) is 10.9 Å². The second-order valence-electron chi connectivity index (χ2n) is 4.77. The Morgan fingerprint density at radius 2 is 1.90 bits per heavy atom. The molecule has 1 aromatic carbocycles. The average molecular weight is 359 g/mol. The zero-order valence-electron chi connectivity index (χ0n) is 11.7.